The van der Waals surface area contributed by atoms with Gasteiger partial charge in [0.1, 0.15) is 0 Å². The van der Waals surface area contributed by atoms with E-state index in [1.54, 1.807) is 0 Å². The Balaban J connectivity index is 5.08. The molecule has 0 bridgehead atoms. The standard InChI is InChI=1S/C13H26/c1-8-12(6,7)13(9-2,10-3)11(4)5/h8,11H,1,9-10H2,2-7H3. The molecule has 0 radical (unpaired) electrons. The van der Waals surface area contributed by atoms with Crippen LogP contribution in [0.4, 0.5) is 0 Å². The van der Waals surface area contributed by atoms with Crippen LogP contribution >= 0.6 is 0 Å². The van der Waals surface area contributed by atoms with E-state index >= 15 is 0 Å². The normalized spacial score (nSPS) is 13.5. The first-order valence-electron chi connectivity index (χ1n) is 5.51. The van der Waals surface area contributed by atoms with Gasteiger partial charge >= 0.3 is 0 Å². The fraction of sp³-hybridized carbons (Fsp3) is 0.846. The minimum absolute atomic E-state index is 0.241. The summed E-state index contributed by atoms with van der Waals surface area (Å²) in [7, 11) is 0. The van der Waals surface area contributed by atoms with Crippen molar-refractivity contribution in [3.63, 3.8) is 0 Å². The van der Waals surface area contributed by atoms with Gasteiger partial charge in [-0.2, -0.15) is 0 Å². The third-order valence-corrected chi connectivity index (χ3v) is 4.16. The van der Waals surface area contributed by atoms with E-state index in [0.717, 1.165) is 5.92 Å². The van der Waals surface area contributed by atoms with Crippen LogP contribution in [0.15, 0.2) is 12.7 Å². The summed E-state index contributed by atoms with van der Waals surface area (Å²) in [6, 6.07) is 0. The Morgan fingerprint density at radius 2 is 1.54 bits per heavy atom. The summed E-state index contributed by atoms with van der Waals surface area (Å²) < 4.78 is 0. The zero-order chi connectivity index (χ0) is 10.7. The summed E-state index contributed by atoms with van der Waals surface area (Å²) in [6.45, 7) is 17.9. The predicted molar refractivity (Wildman–Crippen MR) is 61.8 cm³/mol. The van der Waals surface area contributed by atoms with Gasteiger partial charge in [-0.3, -0.25) is 0 Å². The maximum Gasteiger partial charge on any atom is -0.0119 e. The summed E-state index contributed by atoms with van der Waals surface area (Å²) in [4.78, 5) is 0. The van der Waals surface area contributed by atoms with Gasteiger partial charge in [0.25, 0.3) is 0 Å². The Morgan fingerprint density at radius 1 is 1.15 bits per heavy atom. The summed E-state index contributed by atoms with van der Waals surface area (Å²) in [5.41, 5.74) is 0.652. The first-order valence-corrected chi connectivity index (χ1v) is 5.51. The lowest BCUT2D eigenvalue weighted by molar-refractivity contribution is 0.0439. The van der Waals surface area contributed by atoms with Gasteiger partial charge in [0.05, 0.1) is 0 Å². The highest BCUT2D eigenvalue weighted by Crippen LogP contribution is 2.50. The molecule has 0 unspecified atom stereocenters. The van der Waals surface area contributed by atoms with E-state index in [1.807, 2.05) is 0 Å². The van der Waals surface area contributed by atoms with Crippen LogP contribution in [0, 0.1) is 16.7 Å². The summed E-state index contributed by atoms with van der Waals surface area (Å²) in [5, 5.41) is 0. The van der Waals surface area contributed by atoms with Crippen molar-refractivity contribution in [1.82, 2.24) is 0 Å². The van der Waals surface area contributed by atoms with Gasteiger partial charge in [0.2, 0.25) is 0 Å². The van der Waals surface area contributed by atoms with E-state index in [4.69, 9.17) is 0 Å². The molecular weight excluding hydrogens is 156 g/mol. The van der Waals surface area contributed by atoms with Crippen LogP contribution < -0.4 is 0 Å². The van der Waals surface area contributed by atoms with Crippen molar-refractivity contribution < 1.29 is 0 Å². The Labute approximate surface area is 84.4 Å². The second kappa shape index (κ2) is 4.30. The van der Waals surface area contributed by atoms with Crippen LogP contribution in [0.25, 0.3) is 0 Å². The van der Waals surface area contributed by atoms with Gasteiger partial charge in [-0.15, -0.1) is 6.58 Å². The molecule has 0 fully saturated rings. The molecule has 0 saturated heterocycles. The van der Waals surface area contributed by atoms with Crippen LogP contribution in [0.3, 0.4) is 0 Å². The Bertz CT molecular complexity index is 159. The smallest absolute Gasteiger partial charge is 0.0119 e. The first kappa shape index (κ1) is 12.7. The average Bonchev–Trinajstić information content (AvgIpc) is 2.06. The number of hydrogen-bond acceptors (Lipinski definition) is 0. The lowest BCUT2D eigenvalue weighted by Crippen LogP contribution is -2.40. The van der Waals surface area contributed by atoms with E-state index in [0.29, 0.717) is 5.41 Å². The van der Waals surface area contributed by atoms with Crippen molar-refractivity contribution in [2.75, 3.05) is 0 Å². The zero-order valence-electron chi connectivity index (χ0n) is 10.3. The molecule has 0 rings (SSSR count). The third-order valence-electron chi connectivity index (χ3n) is 4.16. The Kier molecular flexibility index (Phi) is 4.22. The molecule has 0 N–H and O–H groups in total. The second-order valence-electron chi connectivity index (χ2n) is 4.94. The van der Waals surface area contributed by atoms with Crippen molar-refractivity contribution in [2.45, 2.75) is 54.4 Å². The van der Waals surface area contributed by atoms with Crippen LogP contribution in [0.5, 0.6) is 0 Å². The fourth-order valence-corrected chi connectivity index (χ4v) is 2.93. The van der Waals surface area contributed by atoms with E-state index in [1.165, 1.54) is 12.8 Å². The molecule has 0 heteroatoms. The van der Waals surface area contributed by atoms with E-state index in [9.17, 15) is 0 Å². The third kappa shape index (κ3) is 1.98. The van der Waals surface area contributed by atoms with Gasteiger partial charge < -0.3 is 0 Å². The van der Waals surface area contributed by atoms with Gasteiger partial charge in [-0.25, -0.2) is 0 Å². The van der Waals surface area contributed by atoms with Crippen molar-refractivity contribution in [2.24, 2.45) is 16.7 Å². The lowest BCUT2D eigenvalue weighted by Gasteiger charge is -2.48. The maximum atomic E-state index is 3.98. The molecule has 13 heavy (non-hydrogen) atoms. The molecule has 0 aliphatic carbocycles. The molecule has 0 heterocycles. The minimum Gasteiger partial charge on any atom is -0.103 e. The summed E-state index contributed by atoms with van der Waals surface area (Å²) in [6.07, 6.45) is 4.60. The van der Waals surface area contributed by atoms with E-state index in [-0.39, 0.29) is 5.41 Å². The molecule has 0 aromatic carbocycles. The molecule has 0 aliphatic rings. The molecule has 78 valence electrons. The molecule has 0 aromatic heterocycles. The highest BCUT2D eigenvalue weighted by atomic mass is 14.5. The molecule has 0 amide bonds. The first-order chi connectivity index (χ1) is 5.88. The second-order valence-corrected chi connectivity index (χ2v) is 4.94. The quantitative estimate of drug-likeness (QED) is 0.542. The Hall–Kier alpha value is -0.260. The molecule has 0 aliphatic heterocycles. The zero-order valence-corrected chi connectivity index (χ0v) is 10.3. The van der Waals surface area contributed by atoms with Crippen molar-refractivity contribution in [3.8, 4) is 0 Å². The lowest BCUT2D eigenvalue weighted by atomic mass is 9.57. The Morgan fingerprint density at radius 3 is 1.62 bits per heavy atom. The van der Waals surface area contributed by atoms with Crippen LogP contribution in [-0.4, -0.2) is 0 Å². The summed E-state index contributed by atoms with van der Waals surface area (Å²) in [5.74, 6) is 0.718. The molecule has 0 saturated carbocycles. The van der Waals surface area contributed by atoms with Gasteiger partial charge in [-0.05, 0) is 29.6 Å². The fourth-order valence-electron chi connectivity index (χ4n) is 2.93. The van der Waals surface area contributed by atoms with Crippen LogP contribution in [0.2, 0.25) is 0 Å². The number of allylic oxidation sites excluding steroid dienone is 1. The number of rotatable bonds is 5. The minimum atomic E-state index is 0.241. The molecule has 0 spiro atoms. The van der Waals surface area contributed by atoms with E-state index in [2.05, 4.69) is 54.2 Å². The van der Waals surface area contributed by atoms with Crippen molar-refractivity contribution >= 4 is 0 Å². The maximum absolute atomic E-state index is 3.98. The van der Waals surface area contributed by atoms with Crippen molar-refractivity contribution in [3.05, 3.63) is 12.7 Å². The van der Waals surface area contributed by atoms with Gasteiger partial charge in [-0.1, -0.05) is 47.6 Å². The van der Waals surface area contributed by atoms with Crippen LogP contribution in [-0.2, 0) is 0 Å². The van der Waals surface area contributed by atoms with Crippen LogP contribution in [0.1, 0.15) is 54.4 Å². The molecule has 0 aromatic rings. The number of hydrogen-bond donors (Lipinski definition) is 0. The predicted octanol–water partition coefficient (Wildman–Crippen LogP) is 4.66. The monoisotopic (exact) mass is 182 g/mol. The highest BCUT2D eigenvalue weighted by molar-refractivity contribution is 5.02. The topological polar surface area (TPSA) is 0 Å². The molecule has 0 nitrogen and oxygen atoms in total. The average molecular weight is 182 g/mol. The SMILES string of the molecule is C=CC(C)(C)C(CC)(CC)C(C)C. The van der Waals surface area contributed by atoms with E-state index < -0.39 is 0 Å². The van der Waals surface area contributed by atoms with Gasteiger partial charge in [0, 0.05) is 0 Å². The molecular formula is C13H26. The summed E-state index contributed by atoms with van der Waals surface area (Å²) >= 11 is 0. The van der Waals surface area contributed by atoms with Gasteiger partial charge in [0.15, 0.2) is 0 Å². The largest absolute Gasteiger partial charge is 0.103 e. The van der Waals surface area contributed by atoms with Crippen molar-refractivity contribution in [1.29, 1.82) is 0 Å². The molecule has 0 atom stereocenters. The highest BCUT2D eigenvalue weighted by Gasteiger charge is 2.42.